The van der Waals surface area contributed by atoms with E-state index < -0.39 is 0 Å². The molecule has 0 aliphatic rings. The van der Waals surface area contributed by atoms with Crippen molar-refractivity contribution in [2.75, 3.05) is 26.4 Å². The second-order valence-electron chi connectivity index (χ2n) is 5.56. The Labute approximate surface area is 136 Å². The van der Waals surface area contributed by atoms with Crippen LogP contribution in [-0.4, -0.2) is 37.5 Å². The van der Waals surface area contributed by atoms with E-state index in [-0.39, 0.29) is 5.91 Å². The number of likely N-dealkylation sites (N-methyl/N-ethyl adjacent to an activating group) is 1. The maximum atomic E-state index is 12.3. The first kappa shape index (κ1) is 18.0. The van der Waals surface area contributed by atoms with Crippen molar-refractivity contribution in [2.45, 2.75) is 32.7 Å². The Morgan fingerprint density at radius 1 is 1.33 bits per heavy atom. The molecule has 1 aromatic carbocycles. The van der Waals surface area contributed by atoms with Gasteiger partial charge in [-0.3, -0.25) is 4.79 Å². The number of hydrogen-bond acceptors (Lipinski definition) is 3. The van der Waals surface area contributed by atoms with Gasteiger partial charge >= 0.3 is 0 Å². The van der Waals surface area contributed by atoms with Gasteiger partial charge in [0.05, 0.1) is 5.56 Å². The number of amides is 1. The molecule has 21 heavy (non-hydrogen) atoms. The van der Waals surface area contributed by atoms with E-state index in [1.807, 2.05) is 0 Å². The van der Waals surface area contributed by atoms with Gasteiger partial charge in [0.15, 0.2) is 0 Å². The molecular formula is C16H26BrN3O. The number of anilines is 1. The number of hydrogen-bond donors (Lipinski definition) is 2. The molecule has 0 radical (unpaired) electrons. The average Bonchev–Trinajstić information content (AvgIpc) is 2.45. The van der Waals surface area contributed by atoms with E-state index in [4.69, 9.17) is 5.73 Å². The van der Waals surface area contributed by atoms with Gasteiger partial charge in [-0.25, -0.2) is 0 Å². The third-order valence-corrected chi connectivity index (χ3v) is 4.65. The summed E-state index contributed by atoms with van der Waals surface area (Å²) in [4.78, 5) is 14.5. The molecule has 0 aliphatic carbocycles. The van der Waals surface area contributed by atoms with E-state index in [9.17, 15) is 4.79 Å². The number of halogens is 1. The highest BCUT2D eigenvalue weighted by Gasteiger charge is 2.21. The summed E-state index contributed by atoms with van der Waals surface area (Å²) in [7, 11) is 4.12. The van der Waals surface area contributed by atoms with Gasteiger partial charge in [-0.05, 0) is 54.1 Å². The van der Waals surface area contributed by atoms with Crippen LogP contribution in [0.15, 0.2) is 22.7 Å². The second kappa shape index (κ2) is 8.39. The number of nitrogens with zero attached hydrogens (tertiary/aromatic N) is 1. The number of nitrogens with two attached hydrogens (primary N) is 1. The minimum Gasteiger partial charge on any atom is -0.399 e. The van der Waals surface area contributed by atoms with Crippen LogP contribution in [0, 0.1) is 5.92 Å². The van der Waals surface area contributed by atoms with Gasteiger partial charge in [0.2, 0.25) is 0 Å². The molecule has 5 heteroatoms. The van der Waals surface area contributed by atoms with Crippen LogP contribution in [0.5, 0.6) is 0 Å². The SMILES string of the molecule is CCC(CC)C(CNC(=O)c1cc(N)ccc1Br)N(C)C. The third-order valence-electron chi connectivity index (χ3n) is 3.96. The van der Waals surface area contributed by atoms with E-state index in [1.165, 1.54) is 0 Å². The molecule has 0 aromatic heterocycles. The van der Waals surface area contributed by atoms with E-state index in [2.05, 4.69) is 54.1 Å². The fraction of sp³-hybridized carbons (Fsp3) is 0.562. The highest BCUT2D eigenvalue weighted by molar-refractivity contribution is 9.10. The molecular weight excluding hydrogens is 330 g/mol. The minimum atomic E-state index is -0.0908. The van der Waals surface area contributed by atoms with Crippen LogP contribution in [0.1, 0.15) is 37.0 Å². The number of rotatable bonds is 7. The van der Waals surface area contributed by atoms with Gasteiger partial charge in [0.1, 0.15) is 0 Å². The van der Waals surface area contributed by atoms with Crippen molar-refractivity contribution in [3.8, 4) is 0 Å². The molecule has 1 aromatic rings. The quantitative estimate of drug-likeness (QED) is 0.738. The lowest BCUT2D eigenvalue weighted by Gasteiger charge is -2.31. The molecule has 0 aliphatic heterocycles. The summed E-state index contributed by atoms with van der Waals surface area (Å²) in [6.45, 7) is 5.03. The second-order valence-corrected chi connectivity index (χ2v) is 6.41. The fourth-order valence-corrected chi connectivity index (χ4v) is 3.04. The lowest BCUT2D eigenvalue weighted by Crippen LogP contribution is -2.44. The topological polar surface area (TPSA) is 58.4 Å². The normalized spacial score (nSPS) is 12.7. The van der Waals surface area contributed by atoms with Crippen LogP contribution in [0.2, 0.25) is 0 Å². The lowest BCUT2D eigenvalue weighted by molar-refractivity contribution is 0.0928. The van der Waals surface area contributed by atoms with E-state index >= 15 is 0 Å². The maximum absolute atomic E-state index is 12.3. The third kappa shape index (κ3) is 5.00. The fourth-order valence-electron chi connectivity index (χ4n) is 2.61. The van der Waals surface area contributed by atoms with Gasteiger partial charge in [0, 0.05) is 22.7 Å². The molecule has 1 unspecified atom stereocenters. The van der Waals surface area contributed by atoms with Crippen LogP contribution in [0.4, 0.5) is 5.69 Å². The number of nitrogen functional groups attached to an aromatic ring is 1. The number of carbonyl (C=O) groups excluding carboxylic acids is 1. The molecule has 0 saturated heterocycles. The molecule has 0 bridgehead atoms. The van der Waals surface area contributed by atoms with Gasteiger partial charge in [-0.2, -0.15) is 0 Å². The molecule has 0 heterocycles. The molecule has 1 amide bonds. The largest absolute Gasteiger partial charge is 0.399 e. The van der Waals surface area contributed by atoms with E-state index in [1.54, 1.807) is 18.2 Å². The summed E-state index contributed by atoms with van der Waals surface area (Å²) in [5.74, 6) is 0.483. The highest BCUT2D eigenvalue weighted by Crippen LogP contribution is 2.20. The maximum Gasteiger partial charge on any atom is 0.252 e. The Bertz CT molecular complexity index is 473. The summed E-state index contributed by atoms with van der Waals surface area (Å²) in [6, 6.07) is 5.60. The smallest absolute Gasteiger partial charge is 0.252 e. The predicted molar refractivity (Wildman–Crippen MR) is 92.4 cm³/mol. The Morgan fingerprint density at radius 2 is 1.95 bits per heavy atom. The number of nitrogens with one attached hydrogen (secondary N) is 1. The molecule has 118 valence electrons. The zero-order chi connectivity index (χ0) is 16.0. The lowest BCUT2D eigenvalue weighted by atomic mass is 9.93. The molecule has 0 fully saturated rings. The van der Waals surface area contributed by atoms with Crippen LogP contribution >= 0.6 is 15.9 Å². The summed E-state index contributed by atoms with van der Waals surface area (Å²) >= 11 is 3.40. The Hall–Kier alpha value is -1.07. The van der Waals surface area contributed by atoms with Crippen LogP contribution < -0.4 is 11.1 Å². The average molecular weight is 356 g/mol. The summed E-state index contributed by atoms with van der Waals surface area (Å²) < 4.78 is 0.762. The summed E-state index contributed by atoms with van der Waals surface area (Å²) in [5.41, 5.74) is 6.92. The monoisotopic (exact) mass is 355 g/mol. The van der Waals surface area contributed by atoms with Crippen molar-refractivity contribution >= 4 is 27.5 Å². The first-order valence-electron chi connectivity index (χ1n) is 7.40. The van der Waals surface area contributed by atoms with Crippen molar-refractivity contribution in [1.29, 1.82) is 0 Å². The molecule has 0 saturated carbocycles. The zero-order valence-electron chi connectivity index (χ0n) is 13.3. The summed E-state index contributed by atoms with van der Waals surface area (Å²) in [6.07, 6.45) is 2.22. The van der Waals surface area contributed by atoms with Crippen LogP contribution in [0.3, 0.4) is 0 Å². The Balaban J connectivity index is 2.75. The summed E-state index contributed by atoms with van der Waals surface area (Å²) in [5, 5.41) is 3.03. The van der Waals surface area contributed by atoms with E-state index in [0.717, 1.165) is 17.3 Å². The van der Waals surface area contributed by atoms with Gasteiger partial charge in [-0.1, -0.05) is 26.7 Å². The minimum absolute atomic E-state index is 0.0908. The van der Waals surface area contributed by atoms with E-state index in [0.29, 0.717) is 29.8 Å². The van der Waals surface area contributed by atoms with Crippen molar-refractivity contribution in [2.24, 2.45) is 5.92 Å². The Morgan fingerprint density at radius 3 is 2.48 bits per heavy atom. The van der Waals surface area contributed by atoms with Crippen molar-refractivity contribution in [1.82, 2.24) is 10.2 Å². The molecule has 3 N–H and O–H groups in total. The van der Waals surface area contributed by atoms with Gasteiger partial charge in [0.25, 0.3) is 5.91 Å². The standard InChI is InChI=1S/C16H26BrN3O/c1-5-11(6-2)15(20(3)4)10-19-16(21)13-9-12(18)7-8-14(13)17/h7-9,11,15H,5-6,10,18H2,1-4H3,(H,19,21). The van der Waals surface area contributed by atoms with Crippen LogP contribution in [-0.2, 0) is 0 Å². The van der Waals surface area contributed by atoms with Gasteiger partial charge < -0.3 is 16.0 Å². The number of benzene rings is 1. The molecule has 1 rings (SSSR count). The first-order chi connectivity index (χ1) is 9.90. The van der Waals surface area contributed by atoms with Gasteiger partial charge in [-0.15, -0.1) is 0 Å². The first-order valence-corrected chi connectivity index (χ1v) is 8.19. The molecule has 1 atom stereocenters. The highest BCUT2D eigenvalue weighted by atomic mass is 79.9. The molecule has 0 spiro atoms. The number of carbonyl (C=O) groups is 1. The Kier molecular flexibility index (Phi) is 7.18. The molecule has 4 nitrogen and oxygen atoms in total. The van der Waals surface area contributed by atoms with Crippen LogP contribution in [0.25, 0.3) is 0 Å². The zero-order valence-corrected chi connectivity index (χ0v) is 14.9. The van der Waals surface area contributed by atoms with Crippen molar-refractivity contribution < 1.29 is 4.79 Å². The predicted octanol–water partition coefficient (Wildman–Crippen LogP) is 3.13. The van der Waals surface area contributed by atoms with Crippen molar-refractivity contribution in [3.63, 3.8) is 0 Å². The van der Waals surface area contributed by atoms with Crippen molar-refractivity contribution in [3.05, 3.63) is 28.2 Å².